The van der Waals surface area contributed by atoms with Crippen molar-refractivity contribution in [1.82, 2.24) is 4.90 Å². The monoisotopic (exact) mass is 468 g/mol. The minimum atomic E-state index is -0.346. The molecule has 8 rings (SSSR count). The molecule has 3 aromatic rings. The van der Waals surface area contributed by atoms with Crippen molar-refractivity contribution in [3.63, 3.8) is 0 Å². The van der Waals surface area contributed by atoms with Gasteiger partial charge < -0.3 is 4.90 Å². The molecule has 0 amide bonds. The van der Waals surface area contributed by atoms with Gasteiger partial charge in [-0.2, -0.15) is 0 Å². The fraction of sp³-hybridized carbons (Fsp3) is 0.273. The van der Waals surface area contributed by atoms with Crippen LogP contribution in [0.3, 0.4) is 0 Å². The Labute approximate surface area is 211 Å². The average molecular weight is 469 g/mol. The third-order valence-electron chi connectivity index (χ3n) is 9.20. The highest BCUT2D eigenvalue weighted by molar-refractivity contribution is 6.27. The van der Waals surface area contributed by atoms with Gasteiger partial charge in [0.1, 0.15) is 5.66 Å². The van der Waals surface area contributed by atoms with Crippen LogP contribution < -0.4 is 0 Å². The molecule has 2 aliphatic heterocycles. The summed E-state index contributed by atoms with van der Waals surface area (Å²) in [6, 6.07) is 28.1. The zero-order valence-electron chi connectivity index (χ0n) is 20.3. The Morgan fingerprint density at radius 1 is 0.806 bits per heavy atom. The molecule has 2 heterocycles. The van der Waals surface area contributed by atoms with Gasteiger partial charge in [0.25, 0.3) is 0 Å². The molecule has 1 spiro atoms. The lowest BCUT2D eigenvalue weighted by atomic mass is 9.62. The van der Waals surface area contributed by atoms with Crippen LogP contribution in [-0.2, 0) is 6.42 Å². The number of hydrogen-bond donors (Lipinski definition) is 0. The van der Waals surface area contributed by atoms with Crippen molar-refractivity contribution >= 4 is 17.2 Å². The summed E-state index contributed by atoms with van der Waals surface area (Å²) in [6.45, 7) is 0. The molecule has 0 bridgehead atoms. The standard InChI is InChI=1S/C33H28N2O/c36-29-20-28-31(25-15-7-6-14-24(25)29)34-33-19-9-8-16-27(33)30(22-11-2-1-3-12-22)26-18-17-21-10-4-5-13-23(21)32(26)35(28)33/h1-7,10-15,20,27,30H,8-9,16-19H2/t27-,30-,33-/m0/s1. The van der Waals surface area contributed by atoms with Crippen molar-refractivity contribution in [1.29, 1.82) is 0 Å². The Hall–Kier alpha value is -3.72. The third kappa shape index (κ3) is 2.58. The lowest BCUT2D eigenvalue weighted by Crippen LogP contribution is -2.55. The van der Waals surface area contributed by atoms with Crippen molar-refractivity contribution in [2.45, 2.75) is 50.1 Å². The molecule has 3 nitrogen and oxygen atoms in total. The molecule has 5 aliphatic rings. The van der Waals surface area contributed by atoms with Crippen LogP contribution in [0, 0.1) is 5.92 Å². The van der Waals surface area contributed by atoms with Crippen LogP contribution in [-0.4, -0.2) is 22.1 Å². The molecular formula is C33H28N2O. The molecule has 0 aromatic heterocycles. The van der Waals surface area contributed by atoms with Crippen LogP contribution in [0.1, 0.15) is 70.6 Å². The Bertz CT molecular complexity index is 1530. The number of carbonyl (C=O) groups excluding carboxylic acids is 1. The highest BCUT2D eigenvalue weighted by atomic mass is 16.1. The van der Waals surface area contributed by atoms with Crippen molar-refractivity contribution in [3.05, 3.63) is 124 Å². The molecule has 0 N–H and O–H groups in total. The summed E-state index contributed by atoms with van der Waals surface area (Å²) in [6.07, 6.45) is 8.60. The fourth-order valence-electron chi connectivity index (χ4n) is 7.82. The van der Waals surface area contributed by atoms with Crippen LogP contribution >= 0.6 is 0 Å². The van der Waals surface area contributed by atoms with Crippen molar-refractivity contribution < 1.29 is 4.79 Å². The first-order valence-electron chi connectivity index (χ1n) is 13.4. The molecule has 0 unspecified atom stereocenters. The van der Waals surface area contributed by atoms with E-state index >= 15 is 0 Å². The van der Waals surface area contributed by atoms with Crippen LogP contribution in [0.2, 0.25) is 0 Å². The van der Waals surface area contributed by atoms with E-state index in [0.29, 0.717) is 11.8 Å². The Kier molecular flexibility index (Phi) is 4.20. The van der Waals surface area contributed by atoms with E-state index in [-0.39, 0.29) is 11.4 Å². The summed E-state index contributed by atoms with van der Waals surface area (Å²) in [5.74, 6) is 0.835. The number of nitrogens with zero attached hydrogens (tertiary/aromatic N) is 2. The van der Waals surface area contributed by atoms with E-state index in [4.69, 9.17) is 4.99 Å². The predicted molar refractivity (Wildman–Crippen MR) is 143 cm³/mol. The maximum absolute atomic E-state index is 13.4. The molecule has 0 saturated heterocycles. The summed E-state index contributed by atoms with van der Waals surface area (Å²) >= 11 is 0. The molecule has 176 valence electrons. The number of hydrogen-bond acceptors (Lipinski definition) is 3. The van der Waals surface area contributed by atoms with Crippen molar-refractivity contribution in [3.8, 4) is 0 Å². The number of carbonyl (C=O) groups is 1. The molecule has 0 radical (unpaired) electrons. The van der Waals surface area contributed by atoms with Crippen LogP contribution in [0.4, 0.5) is 0 Å². The maximum Gasteiger partial charge on any atom is 0.188 e. The van der Waals surface area contributed by atoms with Gasteiger partial charge in [0.05, 0.1) is 17.1 Å². The smallest absolute Gasteiger partial charge is 0.188 e. The summed E-state index contributed by atoms with van der Waals surface area (Å²) in [5.41, 5.74) is 10.5. The molecule has 1 fully saturated rings. The van der Waals surface area contributed by atoms with E-state index in [0.717, 1.165) is 48.2 Å². The lowest BCUT2D eigenvalue weighted by Gasteiger charge is -2.56. The average Bonchev–Trinajstić information content (AvgIpc) is 3.26. The number of rotatable bonds is 1. The largest absolute Gasteiger partial charge is 0.313 e. The molecule has 3 atom stereocenters. The molecule has 3 heteroatoms. The Morgan fingerprint density at radius 3 is 2.42 bits per heavy atom. The van der Waals surface area contributed by atoms with Crippen LogP contribution in [0.25, 0.3) is 5.70 Å². The summed E-state index contributed by atoms with van der Waals surface area (Å²) < 4.78 is 0. The topological polar surface area (TPSA) is 32.7 Å². The predicted octanol–water partition coefficient (Wildman–Crippen LogP) is 6.91. The summed E-state index contributed by atoms with van der Waals surface area (Å²) in [4.78, 5) is 21.6. The zero-order valence-corrected chi connectivity index (χ0v) is 20.3. The fourth-order valence-corrected chi connectivity index (χ4v) is 7.82. The molecular weight excluding hydrogens is 440 g/mol. The second-order valence-corrected chi connectivity index (χ2v) is 10.9. The number of aliphatic imine (C=N–C) groups is 1. The molecule has 1 saturated carbocycles. The summed E-state index contributed by atoms with van der Waals surface area (Å²) in [7, 11) is 0. The van der Waals surface area contributed by atoms with Gasteiger partial charge in [-0.15, -0.1) is 0 Å². The van der Waals surface area contributed by atoms with E-state index in [2.05, 4.69) is 65.6 Å². The van der Waals surface area contributed by atoms with Gasteiger partial charge in [-0.1, -0.05) is 85.3 Å². The Balaban J connectivity index is 1.46. The van der Waals surface area contributed by atoms with Gasteiger partial charge in [0, 0.05) is 34.6 Å². The van der Waals surface area contributed by atoms with Gasteiger partial charge >= 0.3 is 0 Å². The lowest BCUT2D eigenvalue weighted by molar-refractivity contribution is 0.0621. The van der Waals surface area contributed by atoms with Gasteiger partial charge in [0.15, 0.2) is 5.78 Å². The highest BCUT2D eigenvalue weighted by Crippen LogP contribution is 2.62. The number of aryl methyl sites for hydroxylation is 1. The first-order valence-corrected chi connectivity index (χ1v) is 13.4. The SMILES string of the molecule is O=C1C=C2C(=N[C@]34CCCC[C@H]3[C@@H](c3ccccc3)C3=C(c5ccccc5CC3)N24)c2ccccc21. The van der Waals surface area contributed by atoms with Gasteiger partial charge in [0.2, 0.25) is 0 Å². The molecule has 36 heavy (non-hydrogen) atoms. The quantitative estimate of drug-likeness (QED) is 0.389. The van der Waals surface area contributed by atoms with Crippen LogP contribution in [0.5, 0.6) is 0 Å². The van der Waals surface area contributed by atoms with Gasteiger partial charge in [-0.25, -0.2) is 0 Å². The minimum absolute atomic E-state index is 0.0976. The number of ketones is 1. The number of allylic oxidation sites excluding steroid dienone is 3. The first kappa shape index (κ1) is 20.5. The molecule has 3 aliphatic carbocycles. The first-order chi connectivity index (χ1) is 17.8. The van der Waals surface area contributed by atoms with E-state index in [1.165, 1.54) is 40.8 Å². The van der Waals surface area contributed by atoms with Crippen molar-refractivity contribution in [2.24, 2.45) is 10.9 Å². The number of benzene rings is 3. The van der Waals surface area contributed by atoms with Crippen molar-refractivity contribution in [2.75, 3.05) is 0 Å². The molecule has 3 aromatic carbocycles. The Morgan fingerprint density at radius 2 is 1.56 bits per heavy atom. The van der Waals surface area contributed by atoms with Gasteiger partial charge in [-0.05, 0) is 48.8 Å². The number of fused-ring (bicyclic) bond motifs is 7. The summed E-state index contributed by atoms with van der Waals surface area (Å²) in [5, 5.41) is 0. The third-order valence-corrected chi connectivity index (χ3v) is 9.20. The zero-order chi connectivity index (χ0) is 23.9. The minimum Gasteiger partial charge on any atom is -0.313 e. The van der Waals surface area contributed by atoms with Gasteiger partial charge in [-0.3, -0.25) is 9.79 Å². The second kappa shape index (κ2) is 7.39. The van der Waals surface area contributed by atoms with E-state index < -0.39 is 0 Å². The maximum atomic E-state index is 13.4. The highest BCUT2D eigenvalue weighted by Gasteiger charge is 2.60. The van der Waals surface area contributed by atoms with Crippen LogP contribution in [0.15, 0.2) is 101 Å². The second-order valence-electron chi connectivity index (χ2n) is 10.9. The van der Waals surface area contributed by atoms with E-state index in [1.54, 1.807) is 0 Å². The normalized spacial score (nSPS) is 27.7. The van der Waals surface area contributed by atoms with E-state index in [9.17, 15) is 4.79 Å². The van der Waals surface area contributed by atoms with E-state index in [1.807, 2.05) is 24.3 Å².